The molecule has 24 heavy (non-hydrogen) atoms. The van der Waals surface area contributed by atoms with E-state index in [9.17, 15) is 13.2 Å². The number of aliphatic hydroxyl groups is 1. The van der Waals surface area contributed by atoms with Crippen LogP contribution in [0.1, 0.15) is 42.4 Å². The molecule has 0 atom stereocenters. The maximum atomic E-state index is 13.4. The number of aliphatic hydroxyl groups excluding tert-OH is 1. The van der Waals surface area contributed by atoms with Gasteiger partial charge in [0.15, 0.2) is 0 Å². The molecule has 1 fully saturated rings. The predicted octanol–water partition coefficient (Wildman–Crippen LogP) is 1.91. The standard InChI is InChI=1S/C16H25F3N4O/c1-21-6-3-12(4-7-21)14-13-11-22(5-2-10-24)8-9-23(13)15(20-14)16(17,18)19/h12,24H,2-11H2,1H3. The van der Waals surface area contributed by atoms with Crippen molar-refractivity contribution in [2.75, 3.05) is 39.8 Å². The predicted molar refractivity (Wildman–Crippen MR) is 83.7 cm³/mol. The van der Waals surface area contributed by atoms with Gasteiger partial charge in [0, 0.05) is 38.7 Å². The van der Waals surface area contributed by atoms with Gasteiger partial charge < -0.3 is 14.6 Å². The topological polar surface area (TPSA) is 44.5 Å². The van der Waals surface area contributed by atoms with Gasteiger partial charge >= 0.3 is 6.18 Å². The summed E-state index contributed by atoms with van der Waals surface area (Å²) in [6, 6.07) is 0. The number of nitrogens with zero attached hydrogens (tertiary/aromatic N) is 4. The fourth-order valence-electron chi connectivity index (χ4n) is 3.76. The quantitative estimate of drug-likeness (QED) is 0.905. The summed E-state index contributed by atoms with van der Waals surface area (Å²) in [6.45, 7) is 3.97. The molecule has 0 radical (unpaired) electrons. The van der Waals surface area contributed by atoms with Gasteiger partial charge in [-0.2, -0.15) is 13.2 Å². The molecule has 0 saturated carbocycles. The zero-order chi connectivity index (χ0) is 17.3. The summed E-state index contributed by atoms with van der Waals surface area (Å²) in [7, 11) is 2.04. The Labute approximate surface area is 140 Å². The minimum absolute atomic E-state index is 0.103. The van der Waals surface area contributed by atoms with Crippen LogP contribution in [0.3, 0.4) is 0 Å². The molecule has 0 unspecified atom stereocenters. The fraction of sp³-hybridized carbons (Fsp3) is 0.812. The molecule has 1 saturated heterocycles. The minimum Gasteiger partial charge on any atom is -0.396 e. The number of imidazole rings is 1. The van der Waals surface area contributed by atoms with Crippen LogP contribution in [-0.2, 0) is 19.3 Å². The summed E-state index contributed by atoms with van der Waals surface area (Å²) < 4.78 is 41.5. The van der Waals surface area contributed by atoms with Crippen molar-refractivity contribution < 1.29 is 18.3 Å². The lowest BCUT2D eigenvalue weighted by Gasteiger charge is -2.32. The summed E-state index contributed by atoms with van der Waals surface area (Å²) in [5.41, 5.74) is 1.37. The van der Waals surface area contributed by atoms with Crippen LogP contribution in [0.15, 0.2) is 0 Å². The number of alkyl halides is 3. The Morgan fingerprint density at radius 3 is 2.50 bits per heavy atom. The molecule has 1 N–H and O–H groups in total. The summed E-state index contributed by atoms with van der Waals surface area (Å²) in [5, 5.41) is 8.99. The third kappa shape index (κ3) is 3.60. The van der Waals surface area contributed by atoms with E-state index in [1.807, 2.05) is 7.05 Å². The first kappa shape index (κ1) is 17.7. The van der Waals surface area contributed by atoms with E-state index in [1.165, 1.54) is 4.57 Å². The van der Waals surface area contributed by atoms with Crippen molar-refractivity contribution in [1.82, 2.24) is 19.4 Å². The van der Waals surface area contributed by atoms with Crippen molar-refractivity contribution in [3.05, 3.63) is 17.2 Å². The van der Waals surface area contributed by atoms with Crippen molar-refractivity contribution in [3.63, 3.8) is 0 Å². The molecule has 2 aliphatic heterocycles. The van der Waals surface area contributed by atoms with Gasteiger partial charge in [0.05, 0.1) is 11.4 Å². The first-order chi connectivity index (χ1) is 11.4. The van der Waals surface area contributed by atoms with Crippen molar-refractivity contribution >= 4 is 0 Å². The van der Waals surface area contributed by atoms with Gasteiger partial charge in [0.2, 0.25) is 5.82 Å². The molecule has 1 aromatic heterocycles. The second-order valence-corrected chi connectivity index (χ2v) is 6.85. The zero-order valence-electron chi connectivity index (χ0n) is 14.0. The van der Waals surface area contributed by atoms with Gasteiger partial charge in [-0.1, -0.05) is 0 Å². The van der Waals surface area contributed by atoms with Crippen molar-refractivity contribution in [2.45, 2.75) is 44.4 Å². The average Bonchev–Trinajstić information content (AvgIpc) is 2.92. The van der Waals surface area contributed by atoms with Gasteiger partial charge in [-0.05, 0) is 39.4 Å². The highest BCUT2D eigenvalue weighted by molar-refractivity contribution is 5.25. The maximum Gasteiger partial charge on any atom is 0.449 e. The molecule has 5 nitrogen and oxygen atoms in total. The Hall–Kier alpha value is -1.12. The summed E-state index contributed by atoms with van der Waals surface area (Å²) in [4.78, 5) is 8.39. The lowest BCUT2D eigenvalue weighted by molar-refractivity contribution is -0.147. The Kier molecular flexibility index (Phi) is 5.17. The highest BCUT2D eigenvalue weighted by Gasteiger charge is 2.41. The Morgan fingerprint density at radius 1 is 1.17 bits per heavy atom. The van der Waals surface area contributed by atoms with E-state index in [1.54, 1.807) is 0 Å². The van der Waals surface area contributed by atoms with Crippen molar-refractivity contribution in [2.24, 2.45) is 0 Å². The molecule has 136 valence electrons. The Bertz CT molecular complexity index is 564. The van der Waals surface area contributed by atoms with Crippen LogP contribution < -0.4 is 0 Å². The molecule has 2 aliphatic rings. The Morgan fingerprint density at radius 2 is 1.88 bits per heavy atom. The van der Waals surface area contributed by atoms with E-state index in [-0.39, 0.29) is 12.5 Å². The maximum absolute atomic E-state index is 13.4. The van der Waals surface area contributed by atoms with Crippen LogP contribution in [0.25, 0.3) is 0 Å². The van der Waals surface area contributed by atoms with E-state index >= 15 is 0 Å². The molecular weight excluding hydrogens is 321 g/mol. The number of halogens is 3. The van der Waals surface area contributed by atoms with E-state index < -0.39 is 12.0 Å². The van der Waals surface area contributed by atoms with Gasteiger partial charge in [-0.15, -0.1) is 0 Å². The van der Waals surface area contributed by atoms with Crippen LogP contribution in [-0.4, -0.2) is 64.3 Å². The molecule has 0 aromatic carbocycles. The smallest absolute Gasteiger partial charge is 0.396 e. The number of aromatic nitrogens is 2. The van der Waals surface area contributed by atoms with Gasteiger partial charge in [-0.25, -0.2) is 4.98 Å². The molecule has 3 rings (SSSR count). The zero-order valence-corrected chi connectivity index (χ0v) is 14.0. The summed E-state index contributed by atoms with van der Waals surface area (Å²) >= 11 is 0. The Balaban J connectivity index is 1.89. The third-order valence-electron chi connectivity index (χ3n) is 5.11. The SMILES string of the molecule is CN1CCC(c2nc(C(F)(F)F)n3c2CN(CCCO)CC3)CC1. The van der Waals surface area contributed by atoms with Gasteiger partial charge in [0.25, 0.3) is 0 Å². The van der Waals surface area contributed by atoms with Crippen LogP contribution in [0, 0.1) is 0 Å². The van der Waals surface area contributed by atoms with Gasteiger partial charge in [-0.3, -0.25) is 4.90 Å². The number of fused-ring (bicyclic) bond motifs is 1. The van der Waals surface area contributed by atoms with E-state index in [0.717, 1.165) is 31.6 Å². The normalized spacial score (nSPS) is 21.2. The average molecular weight is 346 g/mol. The molecule has 0 bridgehead atoms. The number of likely N-dealkylation sites (tertiary alicyclic amines) is 1. The first-order valence-electron chi connectivity index (χ1n) is 8.58. The van der Waals surface area contributed by atoms with Crippen LogP contribution >= 0.6 is 0 Å². The largest absolute Gasteiger partial charge is 0.449 e. The highest BCUT2D eigenvalue weighted by Crippen LogP contribution is 2.37. The third-order valence-corrected chi connectivity index (χ3v) is 5.11. The molecule has 0 aliphatic carbocycles. The van der Waals surface area contributed by atoms with Crippen LogP contribution in [0.2, 0.25) is 0 Å². The van der Waals surface area contributed by atoms with E-state index in [0.29, 0.717) is 38.3 Å². The first-order valence-corrected chi connectivity index (χ1v) is 8.58. The van der Waals surface area contributed by atoms with Crippen LogP contribution in [0.5, 0.6) is 0 Å². The lowest BCUT2D eigenvalue weighted by atomic mass is 9.92. The van der Waals surface area contributed by atoms with Crippen molar-refractivity contribution in [1.29, 1.82) is 0 Å². The molecule has 0 spiro atoms. The minimum atomic E-state index is -4.41. The monoisotopic (exact) mass is 346 g/mol. The number of hydrogen-bond acceptors (Lipinski definition) is 4. The molecule has 3 heterocycles. The summed E-state index contributed by atoms with van der Waals surface area (Å²) in [5.74, 6) is -0.635. The second-order valence-electron chi connectivity index (χ2n) is 6.85. The lowest BCUT2D eigenvalue weighted by Crippen LogP contribution is -2.36. The fourth-order valence-corrected chi connectivity index (χ4v) is 3.76. The van der Waals surface area contributed by atoms with Crippen molar-refractivity contribution in [3.8, 4) is 0 Å². The molecule has 1 aromatic rings. The van der Waals surface area contributed by atoms with E-state index in [2.05, 4.69) is 14.8 Å². The van der Waals surface area contributed by atoms with E-state index in [4.69, 9.17) is 5.11 Å². The number of piperidine rings is 1. The molecular formula is C16H25F3N4O. The highest BCUT2D eigenvalue weighted by atomic mass is 19.4. The molecule has 8 heteroatoms. The number of hydrogen-bond donors (Lipinski definition) is 1. The second kappa shape index (κ2) is 7.01. The van der Waals surface area contributed by atoms with Crippen LogP contribution in [0.4, 0.5) is 13.2 Å². The summed E-state index contributed by atoms with van der Waals surface area (Å²) in [6.07, 6.45) is -2.06. The molecule has 0 amide bonds. The van der Waals surface area contributed by atoms with Gasteiger partial charge in [0.1, 0.15) is 0 Å². The number of rotatable bonds is 4.